The van der Waals surface area contributed by atoms with Crippen LogP contribution in [0.1, 0.15) is 55.2 Å². The molecule has 27 heavy (non-hydrogen) atoms. The van der Waals surface area contributed by atoms with Gasteiger partial charge in [0.15, 0.2) is 11.6 Å². The first-order valence-corrected chi connectivity index (χ1v) is 8.98. The fourth-order valence-corrected chi connectivity index (χ4v) is 3.16. The van der Waals surface area contributed by atoms with Crippen molar-refractivity contribution in [3.8, 4) is 5.75 Å². The minimum absolute atomic E-state index is 0.0433. The maximum absolute atomic E-state index is 13.6. The predicted molar refractivity (Wildman–Crippen MR) is 94.9 cm³/mol. The molecule has 0 N–H and O–H groups in total. The van der Waals surface area contributed by atoms with Crippen molar-refractivity contribution in [1.82, 2.24) is 0 Å². The summed E-state index contributed by atoms with van der Waals surface area (Å²) in [6, 6.07) is 6.81. The van der Waals surface area contributed by atoms with Gasteiger partial charge in [-0.2, -0.15) is 13.2 Å². The van der Waals surface area contributed by atoms with Crippen LogP contribution in [0.25, 0.3) is 0 Å². The number of rotatable bonds is 8. The second-order valence-corrected chi connectivity index (χ2v) is 6.62. The van der Waals surface area contributed by atoms with Crippen LogP contribution < -0.4 is 4.74 Å². The van der Waals surface area contributed by atoms with E-state index in [2.05, 4.69) is 0 Å². The van der Waals surface area contributed by atoms with Crippen LogP contribution in [0.2, 0.25) is 0 Å². The molecule has 2 aromatic carbocycles. The largest absolute Gasteiger partial charge is 0.490 e. The Labute approximate surface area is 156 Å². The minimum atomic E-state index is -4.38. The Bertz CT molecular complexity index is 755. The monoisotopic (exact) mass is 386 g/mol. The van der Waals surface area contributed by atoms with Crippen LogP contribution in [0.4, 0.5) is 22.0 Å². The molecule has 0 aliphatic rings. The van der Waals surface area contributed by atoms with Crippen LogP contribution in [0.5, 0.6) is 5.75 Å². The quantitative estimate of drug-likeness (QED) is 0.349. The van der Waals surface area contributed by atoms with Crippen LogP contribution in [0.3, 0.4) is 0 Å². The first-order chi connectivity index (χ1) is 12.7. The summed E-state index contributed by atoms with van der Waals surface area (Å²) in [7, 11) is 0. The molecule has 0 aliphatic carbocycles. The number of benzene rings is 2. The van der Waals surface area contributed by atoms with E-state index in [0.717, 1.165) is 42.7 Å². The van der Waals surface area contributed by atoms with E-state index in [4.69, 9.17) is 4.74 Å². The van der Waals surface area contributed by atoms with Crippen LogP contribution in [0, 0.1) is 18.6 Å². The Balaban J connectivity index is 2.04. The lowest BCUT2D eigenvalue weighted by molar-refractivity contribution is -0.137. The van der Waals surface area contributed by atoms with Gasteiger partial charge in [0.2, 0.25) is 0 Å². The van der Waals surface area contributed by atoms with Crippen molar-refractivity contribution in [2.75, 3.05) is 6.61 Å². The fourth-order valence-electron chi connectivity index (χ4n) is 3.16. The lowest BCUT2D eigenvalue weighted by atomic mass is 9.86. The molecule has 0 bridgehead atoms. The summed E-state index contributed by atoms with van der Waals surface area (Å²) in [4.78, 5) is 0. The normalized spacial score (nSPS) is 12.9. The van der Waals surface area contributed by atoms with Gasteiger partial charge in [0.1, 0.15) is 5.82 Å². The fraction of sp³-hybridized carbons (Fsp3) is 0.429. The zero-order chi connectivity index (χ0) is 20.0. The lowest BCUT2D eigenvalue weighted by Gasteiger charge is -2.21. The minimum Gasteiger partial charge on any atom is -0.490 e. The highest BCUT2D eigenvalue weighted by molar-refractivity contribution is 5.35. The third kappa shape index (κ3) is 5.94. The molecule has 0 amide bonds. The molecule has 0 heterocycles. The van der Waals surface area contributed by atoms with Gasteiger partial charge in [-0.05, 0) is 67.5 Å². The number of alkyl halides is 3. The zero-order valence-corrected chi connectivity index (χ0v) is 15.4. The number of aryl methyl sites for hydroxylation is 1. The van der Waals surface area contributed by atoms with Gasteiger partial charge in [-0.1, -0.05) is 19.4 Å². The maximum atomic E-state index is 13.6. The van der Waals surface area contributed by atoms with Crippen LogP contribution in [-0.2, 0) is 6.18 Å². The standard InChI is InChI=1S/C21H23F5O/c1-3-5-15(18-12-16(21(24,25)26)8-7-14(18)2)6-4-11-27-20-13-17(22)9-10-19(20)23/h7-10,12-13,15H,3-6,11H2,1-2H3. The summed E-state index contributed by atoms with van der Waals surface area (Å²) in [5.41, 5.74) is 0.851. The topological polar surface area (TPSA) is 9.23 Å². The van der Waals surface area contributed by atoms with Crippen molar-refractivity contribution in [2.24, 2.45) is 0 Å². The molecule has 2 aromatic rings. The molecule has 0 radical (unpaired) electrons. The summed E-state index contributed by atoms with van der Waals surface area (Å²) >= 11 is 0. The third-order valence-corrected chi connectivity index (χ3v) is 4.53. The highest BCUT2D eigenvalue weighted by atomic mass is 19.4. The van der Waals surface area contributed by atoms with E-state index in [9.17, 15) is 22.0 Å². The van der Waals surface area contributed by atoms with E-state index in [1.807, 2.05) is 6.92 Å². The van der Waals surface area contributed by atoms with E-state index < -0.39 is 23.4 Å². The SMILES string of the molecule is CCCC(CCCOc1cc(F)ccc1F)c1cc(C(F)(F)F)ccc1C. The molecule has 0 spiro atoms. The first-order valence-electron chi connectivity index (χ1n) is 8.98. The van der Waals surface area contributed by atoms with Crippen molar-refractivity contribution in [2.45, 2.75) is 51.6 Å². The van der Waals surface area contributed by atoms with Gasteiger partial charge < -0.3 is 4.74 Å². The average molecular weight is 386 g/mol. The second kappa shape index (κ2) is 9.20. The Kier molecular flexibility index (Phi) is 7.22. The highest BCUT2D eigenvalue weighted by Gasteiger charge is 2.31. The van der Waals surface area contributed by atoms with Crippen molar-refractivity contribution in [3.05, 3.63) is 64.7 Å². The molecule has 6 heteroatoms. The Morgan fingerprint density at radius 1 is 1.00 bits per heavy atom. The van der Waals surface area contributed by atoms with Gasteiger partial charge in [-0.3, -0.25) is 0 Å². The van der Waals surface area contributed by atoms with Crippen molar-refractivity contribution in [1.29, 1.82) is 0 Å². The average Bonchev–Trinajstić information content (AvgIpc) is 2.60. The third-order valence-electron chi connectivity index (χ3n) is 4.53. The van der Waals surface area contributed by atoms with E-state index in [1.165, 1.54) is 12.1 Å². The van der Waals surface area contributed by atoms with E-state index in [1.54, 1.807) is 6.92 Å². The molecule has 2 rings (SSSR count). The van der Waals surface area contributed by atoms with Gasteiger partial charge in [0.05, 0.1) is 12.2 Å². The highest BCUT2D eigenvalue weighted by Crippen LogP contribution is 2.35. The molecule has 1 nitrogen and oxygen atoms in total. The zero-order valence-electron chi connectivity index (χ0n) is 15.4. The van der Waals surface area contributed by atoms with Gasteiger partial charge >= 0.3 is 6.18 Å². The summed E-state index contributed by atoms with van der Waals surface area (Å²) in [5, 5.41) is 0. The van der Waals surface area contributed by atoms with E-state index >= 15 is 0 Å². The number of hydrogen-bond donors (Lipinski definition) is 0. The molecule has 1 atom stereocenters. The smallest absolute Gasteiger partial charge is 0.416 e. The van der Waals surface area contributed by atoms with Gasteiger partial charge in [-0.25, -0.2) is 8.78 Å². The Morgan fingerprint density at radius 2 is 1.74 bits per heavy atom. The molecule has 0 saturated carbocycles. The summed E-state index contributed by atoms with van der Waals surface area (Å²) in [5.74, 6) is -1.43. The van der Waals surface area contributed by atoms with Crippen molar-refractivity contribution in [3.63, 3.8) is 0 Å². The molecule has 148 valence electrons. The van der Waals surface area contributed by atoms with Crippen LogP contribution in [-0.4, -0.2) is 6.61 Å². The summed E-state index contributed by atoms with van der Waals surface area (Å²) in [6.45, 7) is 3.95. The lowest BCUT2D eigenvalue weighted by Crippen LogP contribution is -2.10. The first kappa shape index (κ1) is 21.2. The molecule has 0 aromatic heterocycles. The molecular weight excluding hydrogens is 363 g/mol. The van der Waals surface area contributed by atoms with Gasteiger partial charge in [0.25, 0.3) is 0 Å². The number of hydrogen-bond acceptors (Lipinski definition) is 1. The number of halogens is 5. The maximum Gasteiger partial charge on any atom is 0.416 e. The van der Waals surface area contributed by atoms with E-state index in [-0.39, 0.29) is 18.3 Å². The Morgan fingerprint density at radius 3 is 2.41 bits per heavy atom. The Hall–Kier alpha value is -2.11. The van der Waals surface area contributed by atoms with Crippen LogP contribution in [0.15, 0.2) is 36.4 Å². The molecule has 0 aliphatic heterocycles. The summed E-state index contributed by atoms with van der Waals surface area (Å²) in [6.07, 6.45) is -1.67. The molecular formula is C21H23F5O. The van der Waals surface area contributed by atoms with Crippen LogP contribution >= 0.6 is 0 Å². The van der Waals surface area contributed by atoms with E-state index in [0.29, 0.717) is 18.4 Å². The van der Waals surface area contributed by atoms with Gasteiger partial charge in [0, 0.05) is 6.07 Å². The van der Waals surface area contributed by atoms with Gasteiger partial charge in [-0.15, -0.1) is 0 Å². The molecule has 0 saturated heterocycles. The molecule has 0 fully saturated rings. The predicted octanol–water partition coefficient (Wildman–Crippen LogP) is 7.03. The van der Waals surface area contributed by atoms with Crippen molar-refractivity contribution >= 4 is 0 Å². The second-order valence-electron chi connectivity index (χ2n) is 6.62. The summed E-state index contributed by atoms with van der Waals surface area (Å²) < 4.78 is 71.1. The van der Waals surface area contributed by atoms with Crippen molar-refractivity contribution < 1.29 is 26.7 Å². The molecule has 1 unspecified atom stereocenters. The number of ether oxygens (including phenoxy) is 1.